The van der Waals surface area contributed by atoms with E-state index in [-0.39, 0.29) is 61.2 Å². The van der Waals surface area contributed by atoms with Crippen LogP contribution in [0.1, 0.15) is 92.4 Å². The molecule has 0 aromatic carbocycles. The molecule has 3 saturated carbocycles. The lowest BCUT2D eigenvalue weighted by Gasteiger charge is -2.64. The molecule has 6 N–H and O–H groups in total. The maximum absolute atomic E-state index is 13.6. The SMILES string of the molecule is CC(C)C[C@H](NC(=O)[C@H](CCCN=C(N)N[N+](=O)[O-])NC(=O)CCCCCO)B1O[C@@H]2C[C@H]3C[C@H](C3(C)C)[C@]2(C)O1. The van der Waals surface area contributed by atoms with Crippen molar-refractivity contribution in [2.24, 2.45) is 33.9 Å². The van der Waals surface area contributed by atoms with Crippen molar-refractivity contribution in [1.82, 2.24) is 16.1 Å². The molecule has 232 valence electrons. The number of nitrogens with two attached hydrogens (primary N) is 1. The van der Waals surface area contributed by atoms with Crippen molar-refractivity contribution < 1.29 is 29.0 Å². The molecule has 2 bridgehead atoms. The highest BCUT2D eigenvalue weighted by Crippen LogP contribution is 2.65. The molecule has 0 aromatic heterocycles. The zero-order valence-corrected chi connectivity index (χ0v) is 25.2. The summed E-state index contributed by atoms with van der Waals surface area (Å²) < 4.78 is 13.1. The highest BCUT2D eigenvalue weighted by atomic mass is 16.7. The lowest BCUT2D eigenvalue weighted by atomic mass is 9.43. The summed E-state index contributed by atoms with van der Waals surface area (Å²) in [6.07, 6.45) is 5.52. The Hall–Kier alpha value is -2.45. The number of aliphatic hydroxyl groups is 1. The minimum Gasteiger partial charge on any atom is -0.404 e. The number of nitrogens with zero attached hydrogens (tertiary/aromatic N) is 2. The highest BCUT2D eigenvalue weighted by molar-refractivity contribution is 6.48. The highest BCUT2D eigenvalue weighted by Gasteiger charge is 2.68. The van der Waals surface area contributed by atoms with Gasteiger partial charge in [0.2, 0.25) is 11.8 Å². The van der Waals surface area contributed by atoms with E-state index in [2.05, 4.69) is 50.2 Å². The van der Waals surface area contributed by atoms with Gasteiger partial charge in [-0.3, -0.25) is 9.59 Å². The van der Waals surface area contributed by atoms with Crippen LogP contribution < -0.4 is 21.8 Å². The largest absolute Gasteiger partial charge is 0.481 e. The standard InChI is InChI=1S/C27H49BN6O7/c1-17(2)14-22(28-40-21-16-18-15-20(26(18,3)4)27(21,5)41-28)32-24(37)19(31-23(36)11-7-6-8-13-35)10-9-12-30-25(29)33-34(38)39/h17-22,35H,6-16H2,1-5H3,(H,31,36)(H,32,37)(H3,29,30,33)/t18-,19+,20-,21-,22+,27+/m1/s1. The topological polar surface area (TPSA) is 190 Å². The Morgan fingerprint density at radius 3 is 2.54 bits per heavy atom. The van der Waals surface area contributed by atoms with Crippen molar-refractivity contribution in [3.8, 4) is 0 Å². The van der Waals surface area contributed by atoms with E-state index in [1.54, 1.807) is 5.43 Å². The van der Waals surface area contributed by atoms with E-state index in [1.807, 2.05) is 0 Å². The van der Waals surface area contributed by atoms with Crippen LogP contribution in [0.25, 0.3) is 0 Å². The quantitative estimate of drug-likeness (QED) is 0.0452. The molecule has 41 heavy (non-hydrogen) atoms. The Morgan fingerprint density at radius 1 is 1.17 bits per heavy atom. The maximum atomic E-state index is 13.6. The number of unbranched alkanes of at least 4 members (excludes halogenated alkanes) is 2. The molecule has 13 nitrogen and oxygen atoms in total. The van der Waals surface area contributed by atoms with Crippen LogP contribution in [0.15, 0.2) is 4.99 Å². The molecule has 0 aromatic rings. The van der Waals surface area contributed by atoms with Crippen LogP contribution in [-0.4, -0.2) is 71.9 Å². The summed E-state index contributed by atoms with van der Waals surface area (Å²) in [6.45, 7) is 11.1. The third-order valence-corrected chi connectivity index (χ3v) is 9.20. The van der Waals surface area contributed by atoms with Crippen LogP contribution in [0.4, 0.5) is 0 Å². The van der Waals surface area contributed by atoms with Crippen LogP contribution in [0, 0.1) is 33.3 Å². The van der Waals surface area contributed by atoms with Gasteiger partial charge in [-0.05, 0) is 75.0 Å². The first-order valence-corrected chi connectivity index (χ1v) is 15.0. The third kappa shape index (κ3) is 8.32. The second-order valence-corrected chi connectivity index (χ2v) is 13.0. The Balaban J connectivity index is 1.67. The minimum absolute atomic E-state index is 0.0126. The first-order chi connectivity index (χ1) is 19.3. The average molecular weight is 581 g/mol. The number of rotatable bonds is 16. The number of aliphatic hydroxyl groups excluding tert-OH is 1. The Morgan fingerprint density at radius 2 is 1.90 bits per heavy atom. The Labute approximate surface area is 243 Å². The van der Waals surface area contributed by atoms with E-state index in [1.165, 1.54) is 0 Å². The van der Waals surface area contributed by atoms with Gasteiger partial charge in [0.05, 0.1) is 17.6 Å². The van der Waals surface area contributed by atoms with E-state index < -0.39 is 29.7 Å². The van der Waals surface area contributed by atoms with Gasteiger partial charge in [-0.2, -0.15) is 0 Å². The zero-order valence-electron chi connectivity index (χ0n) is 25.2. The monoisotopic (exact) mass is 580 g/mol. The number of aliphatic imine (C=N–C) groups is 1. The molecule has 14 heteroatoms. The van der Waals surface area contributed by atoms with Gasteiger partial charge in [-0.25, -0.2) is 15.1 Å². The number of amides is 2. The second-order valence-electron chi connectivity index (χ2n) is 13.0. The Bertz CT molecular complexity index is 966. The predicted octanol–water partition coefficient (Wildman–Crippen LogP) is 1.70. The van der Waals surface area contributed by atoms with Crippen molar-refractivity contribution >= 4 is 24.9 Å². The van der Waals surface area contributed by atoms with E-state index in [4.69, 9.17) is 20.1 Å². The molecule has 4 aliphatic rings. The molecule has 1 saturated heterocycles. The fourth-order valence-electron chi connectivity index (χ4n) is 6.83. The van der Waals surface area contributed by atoms with Crippen LogP contribution >= 0.6 is 0 Å². The number of nitro groups is 1. The molecule has 0 spiro atoms. The number of hydrazine groups is 1. The number of guanidine groups is 1. The molecule has 3 aliphatic carbocycles. The van der Waals surface area contributed by atoms with Gasteiger partial charge in [0.25, 0.3) is 5.96 Å². The molecular formula is C27H49BN6O7. The smallest absolute Gasteiger partial charge is 0.404 e. The lowest BCUT2D eigenvalue weighted by molar-refractivity contribution is -0.525. The summed E-state index contributed by atoms with van der Waals surface area (Å²) in [6, 6.07) is -0.832. The van der Waals surface area contributed by atoms with Gasteiger partial charge in [-0.1, -0.05) is 39.5 Å². The summed E-state index contributed by atoms with van der Waals surface area (Å²) in [5, 5.41) is 24.7. The van der Waals surface area contributed by atoms with Gasteiger partial charge < -0.3 is 30.8 Å². The fraction of sp³-hybridized carbons (Fsp3) is 0.889. The first-order valence-electron chi connectivity index (χ1n) is 15.0. The van der Waals surface area contributed by atoms with Gasteiger partial charge in [0.1, 0.15) is 6.04 Å². The molecule has 4 rings (SSSR count). The van der Waals surface area contributed by atoms with E-state index in [9.17, 15) is 19.7 Å². The molecule has 2 amide bonds. The third-order valence-electron chi connectivity index (χ3n) is 9.20. The van der Waals surface area contributed by atoms with Gasteiger partial charge >= 0.3 is 7.12 Å². The predicted molar refractivity (Wildman–Crippen MR) is 155 cm³/mol. The maximum Gasteiger partial charge on any atom is 0.481 e. The van der Waals surface area contributed by atoms with Crippen LogP contribution in [0.5, 0.6) is 0 Å². The second kappa shape index (κ2) is 14.1. The van der Waals surface area contributed by atoms with E-state index in [0.29, 0.717) is 43.9 Å². The number of hydrogen-bond donors (Lipinski definition) is 5. The summed E-state index contributed by atoms with van der Waals surface area (Å²) in [5.74, 6) is -0.0409. The number of carbonyl (C=O) groups is 2. The van der Waals surface area contributed by atoms with Crippen molar-refractivity contribution in [2.45, 2.75) is 116 Å². The lowest BCUT2D eigenvalue weighted by Crippen LogP contribution is -2.65. The van der Waals surface area contributed by atoms with E-state index in [0.717, 1.165) is 12.8 Å². The number of hydrogen-bond acceptors (Lipinski definition) is 8. The summed E-state index contributed by atoms with van der Waals surface area (Å²) >= 11 is 0. The molecule has 0 unspecified atom stereocenters. The molecule has 0 radical (unpaired) electrons. The Kier molecular flexibility index (Phi) is 11.4. The van der Waals surface area contributed by atoms with Crippen molar-refractivity contribution in [3.05, 3.63) is 10.1 Å². The molecule has 1 aliphatic heterocycles. The van der Waals surface area contributed by atoms with Crippen molar-refractivity contribution in [2.75, 3.05) is 13.2 Å². The van der Waals surface area contributed by atoms with Gasteiger partial charge in [-0.15, -0.1) is 0 Å². The van der Waals surface area contributed by atoms with Crippen LogP contribution in [0.2, 0.25) is 0 Å². The summed E-state index contributed by atoms with van der Waals surface area (Å²) in [4.78, 5) is 40.7. The van der Waals surface area contributed by atoms with Gasteiger partial charge in [0, 0.05) is 19.6 Å². The van der Waals surface area contributed by atoms with Crippen molar-refractivity contribution in [1.29, 1.82) is 0 Å². The summed E-state index contributed by atoms with van der Waals surface area (Å²) in [5.41, 5.74) is 7.07. The minimum atomic E-state index is -0.832. The first kappa shape index (κ1) is 33.1. The molecule has 1 heterocycles. The normalized spacial score (nSPS) is 27.9. The zero-order chi connectivity index (χ0) is 30.4. The van der Waals surface area contributed by atoms with Crippen LogP contribution in [0.3, 0.4) is 0 Å². The summed E-state index contributed by atoms with van der Waals surface area (Å²) in [7, 11) is -0.584. The van der Waals surface area contributed by atoms with E-state index >= 15 is 0 Å². The number of carbonyl (C=O) groups excluding carboxylic acids is 2. The molecule has 4 fully saturated rings. The molecular weight excluding hydrogens is 531 g/mol. The van der Waals surface area contributed by atoms with Gasteiger partial charge in [0.15, 0.2) is 5.03 Å². The fourth-order valence-corrected chi connectivity index (χ4v) is 6.83. The van der Waals surface area contributed by atoms with Crippen LogP contribution in [-0.2, 0) is 18.9 Å². The molecule has 6 atom stereocenters. The van der Waals surface area contributed by atoms with Crippen molar-refractivity contribution in [3.63, 3.8) is 0 Å². The number of nitrogens with one attached hydrogen (secondary N) is 3. The average Bonchev–Trinajstić information content (AvgIpc) is 3.24.